The summed E-state index contributed by atoms with van der Waals surface area (Å²) in [4.78, 5) is 4.09. The molecule has 0 radical (unpaired) electrons. The Labute approximate surface area is 165 Å². The molecule has 1 atom stereocenters. The van der Waals surface area contributed by atoms with Gasteiger partial charge in [0.15, 0.2) is 5.96 Å². The van der Waals surface area contributed by atoms with E-state index in [1.54, 1.807) is 7.05 Å². The third-order valence-electron chi connectivity index (χ3n) is 4.00. The van der Waals surface area contributed by atoms with E-state index >= 15 is 0 Å². The molecule has 2 aromatic rings. The van der Waals surface area contributed by atoms with E-state index in [4.69, 9.17) is 0 Å². The number of hydrogen-bond acceptors (Lipinski definition) is 2. The molecule has 0 aliphatic heterocycles. The summed E-state index contributed by atoms with van der Waals surface area (Å²) in [5.41, 5.74) is 1.20. The third-order valence-corrected chi connectivity index (χ3v) is 5.32. The van der Waals surface area contributed by atoms with Crippen molar-refractivity contribution in [2.45, 2.75) is 18.3 Å². The van der Waals surface area contributed by atoms with Crippen LogP contribution in [-0.4, -0.2) is 36.1 Å². The summed E-state index contributed by atoms with van der Waals surface area (Å²) in [5.74, 6) is 1.58. The quantitative estimate of drug-likeness (QED) is 0.517. The van der Waals surface area contributed by atoms with E-state index in [1.807, 2.05) is 30.3 Å². The molecule has 0 bridgehead atoms. The van der Waals surface area contributed by atoms with Crippen molar-refractivity contribution in [1.29, 1.82) is 0 Å². The zero-order valence-corrected chi connectivity index (χ0v) is 16.4. The van der Waals surface area contributed by atoms with Crippen LogP contribution in [0.15, 0.2) is 59.6 Å². The molecule has 2 aromatic carbocycles. The summed E-state index contributed by atoms with van der Waals surface area (Å²) >= 11 is 0. The van der Waals surface area contributed by atoms with Crippen molar-refractivity contribution >= 4 is 16.8 Å². The number of aliphatic imine (C=N–C) groups is 1. The van der Waals surface area contributed by atoms with Crippen molar-refractivity contribution in [3.63, 3.8) is 0 Å². The second-order valence-corrected chi connectivity index (χ2v) is 7.72. The number of guanidine groups is 1. The Morgan fingerprint density at radius 1 is 0.964 bits per heavy atom. The van der Waals surface area contributed by atoms with Gasteiger partial charge in [0.2, 0.25) is 0 Å². The van der Waals surface area contributed by atoms with Gasteiger partial charge in [-0.05, 0) is 29.7 Å². The number of benzene rings is 2. The van der Waals surface area contributed by atoms with E-state index in [-0.39, 0.29) is 0 Å². The molecule has 0 spiro atoms. The van der Waals surface area contributed by atoms with Gasteiger partial charge in [-0.1, -0.05) is 42.5 Å². The van der Waals surface area contributed by atoms with E-state index in [2.05, 4.69) is 15.6 Å². The number of nitrogens with one attached hydrogen (secondary N) is 2. The second-order valence-electron chi connectivity index (χ2n) is 6.14. The fourth-order valence-electron chi connectivity index (χ4n) is 2.52. The monoisotopic (exact) mass is 411 g/mol. The minimum absolute atomic E-state index is 0.495. The molecule has 0 saturated heterocycles. The predicted octanol–water partition coefficient (Wildman–Crippen LogP) is 3.36. The number of hydrogen-bond donors (Lipinski definition) is 2. The van der Waals surface area contributed by atoms with Crippen LogP contribution in [0.25, 0.3) is 0 Å². The van der Waals surface area contributed by atoms with Crippen molar-refractivity contribution in [3.8, 4) is 0 Å². The van der Waals surface area contributed by atoms with Gasteiger partial charge in [-0.2, -0.15) is 13.2 Å². The molecule has 2 rings (SSSR count). The van der Waals surface area contributed by atoms with Crippen molar-refractivity contribution in [1.82, 2.24) is 10.6 Å². The Morgan fingerprint density at radius 2 is 1.61 bits per heavy atom. The molecule has 152 valence electrons. The first-order valence-electron chi connectivity index (χ1n) is 8.88. The van der Waals surface area contributed by atoms with Crippen LogP contribution in [0.1, 0.15) is 16.7 Å². The standard InChI is InChI=1S/C20H24F3N3OS/c1-24-19(26-13-14-28(27)15-17-5-3-2-4-6-17)25-12-11-16-7-9-18(10-8-16)20(21,22)23/h2-10H,11-15H2,1H3,(H2,24,25,26). The zero-order valence-electron chi connectivity index (χ0n) is 15.6. The highest BCUT2D eigenvalue weighted by molar-refractivity contribution is 7.84. The molecule has 0 aliphatic carbocycles. The van der Waals surface area contributed by atoms with Gasteiger partial charge >= 0.3 is 6.18 Å². The molecule has 4 nitrogen and oxygen atoms in total. The van der Waals surface area contributed by atoms with Crippen LogP contribution in [0.4, 0.5) is 13.2 Å². The first-order chi connectivity index (χ1) is 13.4. The van der Waals surface area contributed by atoms with Crippen molar-refractivity contribution in [3.05, 3.63) is 71.3 Å². The minimum Gasteiger partial charge on any atom is -0.356 e. The minimum atomic E-state index is -4.32. The summed E-state index contributed by atoms with van der Waals surface area (Å²) in [7, 11) is 0.662. The number of halogens is 3. The number of alkyl halides is 3. The van der Waals surface area contributed by atoms with Crippen LogP contribution >= 0.6 is 0 Å². The van der Waals surface area contributed by atoms with E-state index < -0.39 is 22.5 Å². The molecular formula is C20H24F3N3OS. The van der Waals surface area contributed by atoms with Crippen molar-refractivity contribution in [2.24, 2.45) is 4.99 Å². The van der Waals surface area contributed by atoms with Crippen molar-refractivity contribution < 1.29 is 17.4 Å². The number of rotatable bonds is 8. The second kappa shape index (κ2) is 10.8. The molecular weight excluding hydrogens is 387 g/mol. The summed E-state index contributed by atoms with van der Waals surface area (Å²) in [6.07, 6.45) is -3.75. The molecule has 1 unspecified atom stereocenters. The van der Waals surface area contributed by atoms with Gasteiger partial charge < -0.3 is 10.6 Å². The first-order valence-corrected chi connectivity index (χ1v) is 10.4. The van der Waals surface area contributed by atoms with Gasteiger partial charge in [-0.15, -0.1) is 0 Å². The largest absolute Gasteiger partial charge is 0.416 e. The summed E-state index contributed by atoms with van der Waals surface area (Å²) in [6.45, 7) is 1.04. The summed E-state index contributed by atoms with van der Waals surface area (Å²) in [5, 5.41) is 6.20. The average Bonchev–Trinajstić information content (AvgIpc) is 2.67. The highest BCUT2D eigenvalue weighted by Gasteiger charge is 2.29. The van der Waals surface area contributed by atoms with Crippen LogP contribution in [0.3, 0.4) is 0 Å². The smallest absolute Gasteiger partial charge is 0.356 e. The first kappa shape index (κ1) is 21.9. The average molecular weight is 411 g/mol. The molecule has 0 aliphatic rings. The maximum atomic E-state index is 12.6. The Morgan fingerprint density at radius 3 is 2.21 bits per heavy atom. The predicted molar refractivity (Wildman–Crippen MR) is 108 cm³/mol. The van der Waals surface area contributed by atoms with E-state index in [9.17, 15) is 17.4 Å². The highest BCUT2D eigenvalue weighted by atomic mass is 32.2. The Bertz CT molecular complexity index is 778. The van der Waals surface area contributed by atoms with Crippen molar-refractivity contribution in [2.75, 3.05) is 25.9 Å². The van der Waals surface area contributed by atoms with Crippen LogP contribution in [0.2, 0.25) is 0 Å². The van der Waals surface area contributed by atoms with Crippen LogP contribution in [-0.2, 0) is 29.1 Å². The van der Waals surface area contributed by atoms with Gasteiger partial charge in [0.25, 0.3) is 0 Å². The topological polar surface area (TPSA) is 53.5 Å². The maximum Gasteiger partial charge on any atom is 0.416 e. The highest BCUT2D eigenvalue weighted by Crippen LogP contribution is 2.29. The molecule has 0 fully saturated rings. The zero-order chi connectivity index (χ0) is 20.4. The van der Waals surface area contributed by atoms with Gasteiger partial charge in [0.1, 0.15) is 0 Å². The molecule has 8 heteroatoms. The lowest BCUT2D eigenvalue weighted by Crippen LogP contribution is -2.40. The Hall–Kier alpha value is -2.35. The van der Waals surface area contributed by atoms with Gasteiger partial charge in [-0.3, -0.25) is 9.20 Å². The van der Waals surface area contributed by atoms with E-state index in [0.717, 1.165) is 23.3 Å². The Balaban J connectivity index is 1.68. The summed E-state index contributed by atoms with van der Waals surface area (Å²) < 4.78 is 49.8. The van der Waals surface area contributed by atoms with Gasteiger partial charge in [0, 0.05) is 42.4 Å². The molecule has 28 heavy (non-hydrogen) atoms. The number of nitrogens with zero attached hydrogens (tertiary/aromatic N) is 1. The third kappa shape index (κ3) is 7.72. The normalized spacial score (nSPS) is 13.2. The van der Waals surface area contributed by atoms with Crippen LogP contribution in [0.5, 0.6) is 0 Å². The van der Waals surface area contributed by atoms with E-state index in [1.165, 1.54) is 12.1 Å². The molecule has 0 heterocycles. The lowest BCUT2D eigenvalue weighted by atomic mass is 10.1. The lowest BCUT2D eigenvalue weighted by Gasteiger charge is -2.12. The maximum absolute atomic E-state index is 12.6. The van der Waals surface area contributed by atoms with E-state index in [0.29, 0.717) is 37.0 Å². The fraction of sp³-hybridized carbons (Fsp3) is 0.350. The van der Waals surface area contributed by atoms with Gasteiger partial charge in [0.05, 0.1) is 5.56 Å². The van der Waals surface area contributed by atoms with Crippen LogP contribution in [0, 0.1) is 0 Å². The van der Waals surface area contributed by atoms with Crippen LogP contribution < -0.4 is 10.6 Å². The molecule has 2 N–H and O–H groups in total. The molecule has 0 aromatic heterocycles. The Kier molecular flexibility index (Phi) is 8.50. The summed E-state index contributed by atoms with van der Waals surface area (Å²) in [6, 6.07) is 14.8. The SMILES string of the molecule is CN=C(NCCc1ccc(C(F)(F)F)cc1)NCCS(=O)Cc1ccccc1. The molecule has 0 amide bonds. The lowest BCUT2D eigenvalue weighted by molar-refractivity contribution is -0.137. The van der Waals surface area contributed by atoms with Gasteiger partial charge in [-0.25, -0.2) is 0 Å². The fourth-order valence-corrected chi connectivity index (χ4v) is 3.56. The molecule has 0 saturated carbocycles.